The Balaban J connectivity index is 2.73. The van der Waals surface area contributed by atoms with Crippen LogP contribution < -0.4 is 0 Å². The van der Waals surface area contributed by atoms with Crippen LogP contribution in [0.2, 0.25) is 0 Å². The van der Waals surface area contributed by atoms with Crippen molar-refractivity contribution >= 4 is 5.91 Å². The van der Waals surface area contributed by atoms with E-state index in [9.17, 15) is 9.18 Å². The van der Waals surface area contributed by atoms with Gasteiger partial charge in [-0.2, -0.15) is 0 Å². The molecule has 19 heavy (non-hydrogen) atoms. The molecule has 1 rings (SSSR count). The van der Waals surface area contributed by atoms with Crippen molar-refractivity contribution in [3.8, 4) is 0 Å². The van der Waals surface area contributed by atoms with E-state index < -0.39 is 0 Å². The summed E-state index contributed by atoms with van der Waals surface area (Å²) >= 11 is 0. The Morgan fingerprint density at radius 2 is 1.79 bits per heavy atom. The van der Waals surface area contributed by atoms with Gasteiger partial charge in [0.05, 0.1) is 6.04 Å². The lowest BCUT2D eigenvalue weighted by Gasteiger charge is -2.29. The van der Waals surface area contributed by atoms with Gasteiger partial charge < -0.3 is 4.90 Å². The highest BCUT2D eigenvalue weighted by molar-refractivity contribution is 5.76. The lowest BCUT2D eigenvalue weighted by molar-refractivity contribution is -0.133. The minimum absolute atomic E-state index is 0.00902. The molecular formula is C16H24FNO. The summed E-state index contributed by atoms with van der Waals surface area (Å²) in [4.78, 5) is 14.1. The Kier molecular flexibility index (Phi) is 6.00. The van der Waals surface area contributed by atoms with Crippen LogP contribution in [0.3, 0.4) is 0 Å². The molecule has 0 N–H and O–H groups in total. The average molecular weight is 265 g/mol. The number of carbonyl (C=O) groups is 1. The maximum atomic E-state index is 12.9. The summed E-state index contributed by atoms with van der Waals surface area (Å²) in [7, 11) is 0. The van der Waals surface area contributed by atoms with Gasteiger partial charge in [0.15, 0.2) is 0 Å². The molecule has 0 aliphatic rings. The molecule has 0 saturated carbocycles. The van der Waals surface area contributed by atoms with E-state index in [0.29, 0.717) is 18.9 Å². The van der Waals surface area contributed by atoms with E-state index in [0.717, 1.165) is 12.0 Å². The standard InChI is InChI=1S/C16H24FNO/c1-5-18(16(19)11-6-12(2)3)13(4)14-7-9-15(17)10-8-14/h7-10,12-13H,5-6,11H2,1-4H3. The third-order valence-corrected chi connectivity index (χ3v) is 3.42. The van der Waals surface area contributed by atoms with E-state index in [2.05, 4.69) is 13.8 Å². The maximum absolute atomic E-state index is 12.9. The van der Waals surface area contributed by atoms with Gasteiger partial charge in [-0.05, 0) is 43.9 Å². The number of halogens is 1. The predicted molar refractivity (Wildman–Crippen MR) is 76.3 cm³/mol. The van der Waals surface area contributed by atoms with Crippen LogP contribution in [0.25, 0.3) is 0 Å². The summed E-state index contributed by atoms with van der Waals surface area (Å²) in [5, 5.41) is 0. The highest BCUT2D eigenvalue weighted by atomic mass is 19.1. The third-order valence-electron chi connectivity index (χ3n) is 3.42. The first-order chi connectivity index (χ1) is 8.95. The van der Waals surface area contributed by atoms with Gasteiger partial charge in [-0.1, -0.05) is 26.0 Å². The Labute approximate surface area is 115 Å². The first-order valence-corrected chi connectivity index (χ1v) is 7.00. The molecule has 0 aliphatic carbocycles. The second-order valence-corrected chi connectivity index (χ2v) is 5.34. The van der Waals surface area contributed by atoms with Crippen molar-refractivity contribution in [3.63, 3.8) is 0 Å². The number of rotatable bonds is 6. The molecule has 3 heteroatoms. The molecule has 0 heterocycles. The number of carbonyl (C=O) groups excluding carboxylic acids is 1. The summed E-state index contributed by atoms with van der Waals surface area (Å²) < 4.78 is 12.9. The zero-order valence-electron chi connectivity index (χ0n) is 12.3. The molecule has 0 bridgehead atoms. The fourth-order valence-corrected chi connectivity index (χ4v) is 2.14. The van der Waals surface area contributed by atoms with Crippen LogP contribution in [0, 0.1) is 11.7 Å². The highest BCUT2D eigenvalue weighted by Gasteiger charge is 2.19. The maximum Gasteiger partial charge on any atom is 0.223 e. The molecule has 1 unspecified atom stereocenters. The van der Waals surface area contributed by atoms with Crippen molar-refractivity contribution in [2.75, 3.05) is 6.54 Å². The Morgan fingerprint density at radius 3 is 2.26 bits per heavy atom. The van der Waals surface area contributed by atoms with Crippen molar-refractivity contribution in [1.29, 1.82) is 0 Å². The zero-order valence-corrected chi connectivity index (χ0v) is 12.3. The molecule has 1 aromatic carbocycles. The lowest BCUT2D eigenvalue weighted by atomic mass is 10.0. The second kappa shape index (κ2) is 7.27. The highest BCUT2D eigenvalue weighted by Crippen LogP contribution is 2.22. The zero-order chi connectivity index (χ0) is 14.4. The molecule has 2 nitrogen and oxygen atoms in total. The molecule has 0 aromatic heterocycles. The largest absolute Gasteiger partial charge is 0.336 e. The van der Waals surface area contributed by atoms with Crippen molar-refractivity contribution in [2.24, 2.45) is 5.92 Å². The van der Waals surface area contributed by atoms with Crippen LogP contribution in [-0.2, 0) is 4.79 Å². The fourth-order valence-electron chi connectivity index (χ4n) is 2.14. The van der Waals surface area contributed by atoms with Gasteiger partial charge in [-0.15, -0.1) is 0 Å². The Bertz CT molecular complexity index is 400. The average Bonchev–Trinajstić information content (AvgIpc) is 2.37. The van der Waals surface area contributed by atoms with E-state index in [1.54, 1.807) is 12.1 Å². The van der Waals surface area contributed by atoms with E-state index in [1.165, 1.54) is 12.1 Å². The molecule has 1 aromatic rings. The first kappa shape index (κ1) is 15.7. The number of nitrogens with zero attached hydrogens (tertiary/aromatic N) is 1. The molecule has 0 radical (unpaired) electrons. The number of hydrogen-bond donors (Lipinski definition) is 0. The second-order valence-electron chi connectivity index (χ2n) is 5.34. The van der Waals surface area contributed by atoms with Crippen molar-refractivity contribution in [3.05, 3.63) is 35.6 Å². The van der Waals surface area contributed by atoms with Gasteiger partial charge in [-0.25, -0.2) is 4.39 Å². The minimum Gasteiger partial charge on any atom is -0.336 e. The third kappa shape index (κ3) is 4.66. The summed E-state index contributed by atoms with van der Waals surface area (Å²) in [6.45, 7) is 8.88. The Morgan fingerprint density at radius 1 is 1.21 bits per heavy atom. The Hall–Kier alpha value is -1.38. The van der Waals surface area contributed by atoms with Crippen molar-refractivity contribution in [2.45, 2.75) is 46.6 Å². The molecule has 106 valence electrons. The van der Waals surface area contributed by atoms with Crippen molar-refractivity contribution in [1.82, 2.24) is 4.90 Å². The van der Waals surface area contributed by atoms with Gasteiger partial charge in [0, 0.05) is 13.0 Å². The van der Waals surface area contributed by atoms with Gasteiger partial charge in [0.25, 0.3) is 0 Å². The summed E-state index contributed by atoms with van der Waals surface area (Å²) in [5.74, 6) is 0.460. The van der Waals surface area contributed by atoms with E-state index in [-0.39, 0.29) is 17.8 Å². The predicted octanol–water partition coefficient (Wildman–Crippen LogP) is 4.17. The molecule has 0 saturated heterocycles. The number of benzene rings is 1. The van der Waals surface area contributed by atoms with Crippen molar-refractivity contribution < 1.29 is 9.18 Å². The first-order valence-electron chi connectivity index (χ1n) is 7.00. The van der Waals surface area contributed by atoms with Crippen LogP contribution in [0.5, 0.6) is 0 Å². The lowest BCUT2D eigenvalue weighted by Crippen LogP contribution is -2.33. The number of hydrogen-bond acceptors (Lipinski definition) is 1. The van der Waals surface area contributed by atoms with Gasteiger partial charge in [0.1, 0.15) is 5.82 Å². The molecule has 0 fully saturated rings. The van der Waals surface area contributed by atoms with E-state index >= 15 is 0 Å². The topological polar surface area (TPSA) is 20.3 Å². The van der Waals surface area contributed by atoms with E-state index in [4.69, 9.17) is 0 Å². The van der Waals surface area contributed by atoms with Crippen LogP contribution in [0.15, 0.2) is 24.3 Å². The summed E-state index contributed by atoms with van der Waals surface area (Å²) in [6, 6.07) is 6.37. The van der Waals surface area contributed by atoms with Gasteiger partial charge >= 0.3 is 0 Å². The number of amides is 1. The van der Waals surface area contributed by atoms with Crippen LogP contribution in [0.4, 0.5) is 4.39 Å². The normalized spacial score (nSPS) is 12.5. The molecule has 1 amide bonds. The minimum atomic E-state index is -0.245. The van der Waals surface area contributed by atoms with Crippen LogP contribution >= 0.6 is 0 Å². The smallest absolute Gasteiger partial charge is 0.223 e. The summed E-state index contributed by atoms with van der Waals surface area (Å²) in [6.07, 6.45) is 1.49. The molecule has 0 spiro atoms. The van der Waals surface area contributed by atoms with Gasteiger partial charge in [0.2, 0.25) is 5.91 Å². The quantitative estimate of drug-likeness (QED) is 0.756. The SMILES string of the molecule is CCN(C(=O)CCC(C)C)C(C)c1ccc(F)cc1. The molecule has 0 aliphatic heterocycles. The molecular weight excluding hydrogens is 241 g/mol. The van der Waals surface area contributed by atoms with Crippen LogP contribution in [-0.4, -0.2) is 17.4 Å². The molecule has 1 atom stereocenters. The van der Waals surface area contributed by atoms with Crippen LogP contribution in [0.1, 0.15) is 52.1 Å². The van der Waals surface area contributed by atoms with E-state index in [1.807, 2.05) is 18.7 Å². The fraction of sp³-hybridized carbons (Fsp3) is 0.562. The van der Waals surface area contributed by atoms with Gasteiger partial charge in [-0.3, -0.25) is 4.79 Å². The summed E-state index contributed by atoms with van der Waals surface area (Å²) in [5.41, 5.74) is 0.973. The monoisotopic (exact) mass is 265 g/mol.